The highest BCUT2D eigenvalue weighted by atomic mass is 35.5. The maximum Gasteiger partial charge on any atom is 0.243 e. The Hall–Kier alpha value is -2.53. The first-order chi connectivity index (χ1) is 16.2. The summed E-state index contributed by atoms with van der Waals surface area (Å²) in [5.74, 6) is -0.414. The van der Waals surface area contributed by atoms with Gasteiger partial charge in [-0.15, -0.1) is 0 Å². The normalized spacial score (nSPS) is 11.8. The second kappa shape index (κ2) is 12.3. The second-order valence-corrected chi connectivity index (χ2v) is 9.71. The molecule has 3 aromatic rings. The number of amides is 2. The zero-order valence-electron chi connectivity index (χ0n) is 19.1. The lowest BCUT2D eigenvalue weighted by Gasteiger charge is -2.32. The van der Waals surface area contributed by atoms with Gasteiger partial charge in [0, 0.05) is 34.1 Å². The topological polar surface area (TPSA) is 49.4 Å². The van der Waals surface area contributed by atoms with Gasteiger partial charge in [-0.25, -0.2) is 0 Å². The van der Waals surface area contributed by atoms with E-state index in [1.807, 2.05) is 56.3 Å². The number of hydrogen-bond acceptors (Lipinski definition) is 2. The zero-order valence-corrected chi connectivity index (χ0v) is 21.4. The first kappa shape index (κ1) is 26.1. The molecule has 1 N–H and O–H groups in total. The molecule has 178 valence electrons. The third kappa shape index (κ3) is 7.49. The minimum absolute atomic E-state index is 0.0455. The molecule has 1 atom stereocenters. The zero-order chi connectivity index (χ0) is 24.7. The predicted octanol–water partition coefficient (Wildman–Crippen LogP) is 6.35. The van der Waals surface area contributed by atoms with E-state index >= 15 is 0 Å². The summed E-state index contributed by atoms with van der Waals surface area (Å²) < 4.78 is 0. The number of nitrogens with zero attached hydrogens (tertiary/aromatic N) is 1. The average molecular weight is 518 g/mol. The SMILES string of the molecule is CC(C)NC(=O)C(Cc1ccccc1)N(Cc1ccc(Cl)cc1)C(=O)Cc1ccc(Cl)cc1Cl. The molecule has 0 fully saturated rings. The maximum absolute atomic E-state index is 13.7. The van der Waals surface area contributed by atoms with Gasteiger partial charge in [0.15, 0.2) is 0 Å². The monoisotopic (exact) mass is 516 g/mol. The van der Waals surface area contributed by atoms with Crippen molar-refractivity contribution in [3.63, 3.8) is 0 Å². The molecule has 3 rings (SSSR count). The first-order valence-electron chi connectivity index (χ1n) is 11.0. The van der Waals surface area contributed by atoms with Crippen molar-refractivity contribution >= 4 is 46.6 Å². The molecule has 34 heavy (non-hydrogen) atoms. The molecule has 0 saturated carbocycles. The molecule has 0 radical (unpaired) electrons. The van der Waals surface area contributed by atoms with Gasteiger partial charge in [0.1, 0.15) is 6.04 Å². The summed E-state index contributed by atoms with van der Waals surface area (Å²) in [4.78, 5) is 28.6. The largest absolute Gasteiger partial charge is 0.352 e. The number of carbonyl (C=O) groups is 2. The van der Waals surface area contributed by atoms with E-state index in [9.17, 15) is 9.59 Å². The average Bonchev–Trinajstić information content (AvgIpc) is 2.79. The fraction of sp³-hybridized carbons (Fsp3) is 0.259. The van der Waals surface area contributed by atoms with Crippen molar-refractivity contribution in [1.29, 1.82) is 0 Å². The van der Waals surface area contributed by atoms with Gasteiger partial charge in [-0.05, 0) is 54.8 Å². The Morgan fingerprint density at radius 2 is 1.50 bits per heavy atom. The quantitative estimate of drug-likeness (QED) is 0.359. The number of rotatable bonds is 9. The van der Waals surface area contributed by atoms with Gasteiger partial charge in [-0.2, -0.15) is 0 Å². The molecule has 0 aliphatic heterocycles. The van der Waals surface area contributed by atoms with Crippen molar-refractivity contribution in [3.05, 3.63) is 105 Å². The van der Waals surface area contributed by atoms with Crippen molar-refractivity contribution in [3.8, 4) is 0 Å². The van der Waals surface area contributed by atoms with Gasteiger partial charge in [-0.3, -0.25) is 9.59 Å². The van der Waals surface area contributed by atoms with Gasteiger partial charge in [0.25, 0.3) is 0 Å². The lowest BCUT2D eigenvalue weighted by Crippen LogP contribution is -2.52. The maximum atomic E-state index is 13.7. The molecule has 0 aliphatic rings. The molecule has 1 unspecified atom stereocenters. The lowest BCUT2D eigenvalue weighted by atomic mass is 10.0. The van der Waals surface area contributed by atoms with E-state index in [0.717, 1.165) is 11.1 Å². The predicted molar refractivity (Wildman–Crippen MR) is 139 cm³/mol. The molecule has 0 bridgehead atoms. The van der Waals surface area contributed by atoms with E-state index in [2.05, 4.69) is 5.32 Å². The fourth-order valence-corrected chi connectivity index (χ4v) is 4.25. The van der Waals surface area contributed by atoms with Gasteiger partial charge in [0.2, 0.25) is 11.8 Å². The van der Waals surface area contributed by atoms with Crippen LogP contribution in [0.2, 0.25) is 15.1 Å². The minimum Gasteiger partial charge on any atom is -0.352 e. The molecule has 0 spiro atoms. The van der Waals surface area contributed by atoms with E-state index in [1.54, 1.807) is 35.2 Å². The Kier molecular flexibility index (Phi) is 9.40. The highest BCUT2D eigenvalue weighted by Gasteiger charge is 2.31. The third-order valence-electron chi connectivity index (χ3n) is 5.32. The highest BCUT2D eigenvalue weighted by molar-refractivity contribution is 6.35. The van der Waals surface area contributed by atoms with Crippen LogP contribution >= 0.6 is 34.8 Å². The van der Waals surface area contributed by atoms with E-state index < -0.39 is 6.04 Å². The summed E-state index contributed by atoms with van der Waals surface area (Å²) in [6.45, 7) is 4.05. The van der Waals surface area contributed by atoms with Gasteiger partial charge < -0.3 is 10.2 Å². The second-order valence-electron chi connectivity index (χ2n) is 8.43. The number of benzene rings is 3. The molecule has 0 aliphatic carbocycles. The minimum atomic E-state index is -0.709. The number of carbonyl (C=O) groups excluding carboxylic acids is 2. The van der Waals surface area contributed by atoms with E-state index in [4.69, 9.17) is 34.8 Å². The van der Waals surface area contributed by atoms with Crippen LogP contribution in [0, 0.1) is 0 Å². The molecule has 7 heteroatoms. The Balaban J connectivity index is 1.98. The van der Waals surface area contributed by atoms with Gasteiger partial charge >= 0.3 is 0 Å². The molecular formula is C27H27Cl3N2O2. The summed E-state index contributed by atoms with van der Waals surface area (Å²) >= 11 is 18.4. The summed E-state index contributed by atoms with van der Waals surface area (Å²) in [5.41, 5.74) is 2.49. The fourth-order valence-electron chi connectivity index (χ4n) is 3.65. The van der Waals surface area contributed by atoms with Gasteiger partial charge in [-0.1, -0.05) is 83.3 Å². The van der Waals surface area contributed by atoms with Crippen molar-refractivity contribution in [1.82, 2.24) is 10.2 Å². The van der Waals surface area contributed by atoms with Crippen LogP contribution in [0.4, 0.5) is 0 Å². The lowest BCUT2D eigenvalue weighted by molar-refractivity contribution is -0.141. The van der Waals surface area contributed by atoms with Crippen molar-refractivity contribution in [2.24, 2.45) is 0 Å². The number of nitrogens with one attached hydrogen (secondary N) is 1. The Morgan fingerprint density at radius 3 is 2.12 bits per heavy atom. The summed E-state index contributed by atoms with van der Waals surface area (Å²) in [7, 11) is 0. The highest BCUT2D eigenvalue weighted by Crippen LogP contribution is 2.24. The van der Waals surface area contributed by atoms with Crippen molar-refractivity contribution in [2.45, 2.75) is 45.3 Å². The summed E-state index contributed by atoms with van der Waals surface area (Å²) in [6, 6.07) is 21.2. The first-order valence-corrected chi connectivity index (χ1v) is 12.2. The molecule has 3 aromatic carbocycles. The molecule has 0 aromatic heterocycles. The smallest absolute Gasteiger partial charge is 0.243 e. The van der Waals surface area contributed by atoms with E-state index in [-0.39, 0.29) is 30.8 Å². The molecule has 0 saturated heterocycles. The molecule has 4 nitrogen and oxygen atoms in total. The van der Waals surface area contributed by atoms with E-state index in [1.165, 1.54) is 0 Å². The van der Waals surface area contributed by atoms with Crippen LogP contribution in [0.25, 0.3) is 0 Å². The van der Waals surface area contributed by atoms with Crippen LogP contribution in [0.5, 0.6) is 0 Å². The van der Waals surface area contributed by atoms with Gasteiger partial charge in [0.05, 0.1) is 6.42 Å². The number of hydrogen-bond donors (Lipinski definition) is 1. The van der Waals surface area contributed by atoms with Crippen LogP contribution < -0.4 is 5.32 Å². The summed E-state index contributed by atoms with van der Waals surface area (Å²) in [6.07, 6.45) is 0.427. The Labute approximate surface area is 215 Å². The standard InChI is InChI=1S/C27H27Cl3N2O2/c1-18(2)31-27(34)25(14-19-6-4-3-5-7-19)32(17-20-8-11-22(28)12-9-20)26(33)15-21-10-13-23(29)16-24(21)30/h3-13,16,18,25H,14-15,17H2,1-2H3,(H,31,34). The molecular weight excluding hydrogens is 491 g/mol. The van der Waals surface area contributed by atoms with Crippen molar-refractivity contribution < 1.29 is 9.59 Å². The van der Waals surface area contributed by atoms with Crippen molar-refractivity contribution in [2.75, 3.05) is 0 Å². The van der Waals surface area contributed by atoms with Crippen LogP contribution in [0.3, 0.4) is 0 Å². The van der Waals surface area contributed by atoms with Crippen LogP contribution in [-0.4, -0.2) is 28.8 Å². The number of halogens is 3. The molecule has 2 amide bonds. The summed E-state index contributed by atoms with van der Waals surface area (Å²) in [5, 5.41) is 4.50. The van der Waals surface area contributed by atoms with E-state index in [0.29, 0.717) is 27.1 Å². The van der Waals surface area contributed by atoms with Crippen LogP contribution in [0.1, 0.15) is 30.5 Å². The third-order valence-corrected chi connectivity index (χ3v) is 6.16. The Morgan fingerprint density at radius 1 is 0.853 bits per heavy atom. The van der Waals surface area contributed by atoms with Crippen LogP contribution in [-0.2, 0) is 29.0 Å². The Bertz CT molecular complexity index is 1120. The van der Waals surface area contributed by atoms with Crippen LogP contribution in [0.15, 0.2) is 72.8 Å². The molecule has 0 heterocycles.